The quantitative estimate of drug-likeness (QED) is 0.254. The Morgan fingerprint density at radius 2 is 1.91 bits per heavy atom. The molecule has 0 amide bonds. The highest BCUT2D eigenvalue weighted by atomic mass is 32.1. The van der Waals surface area contributed by atoms with Crippen LogP contribution in [0.2, 0.25) is 0 Å². The molecule has 0 unspecified atom stereocenters. The van der Waals surface area contributed by atoms with Gasteiger partial charge in [-0.15, -0.1) is 11.3 Å². The average Bonchev–Trinajstić information content (AvgIpc) is 3.28. The highest BCUT2D eigenvalue weighted by Crippen LogP contribution is 2.35. The van der Waals surface area contributed by atoms with Gasteiger partial charge in [0.25, 0.3) is 0 Å². The third kappa shape index (κ3) is 6.17. The highest BCUT2D eigenvalue weighted by Gasteiger charge is 2.52. The van der Waals surface area contributed by atoms with Gasteiger partial charge < -0.3 is 29.9 Å². The summed E-state index contributed by atoms with van der Waals surface area (Å²) in [7, 11) is 0. The molecule has 8 nitrogen and oxygen atoms in total. The van der Waals surface area contributed by atoms with Crippen molar-refractivity contribution in [2.75, 3.05) is 6.61 Å². The van der Waals surface area contributed by atoms with E-state index in [0.717, 1.165) is 17.4 Å². The van der Waals surface area contributed by atoms with E-state index in [1.165, 1.54) is 18.2 Å². The summed E-state index contributed by atoms with van der Waals surface area (Å²) >= 11 is 1.60. The third-order valence-corrected chi connectivity index (χ3v) is 6.27. The summed E-state index contributed by atoms with van der Waals surface area (Å²) in [5.74, 6) is -1.99. The Bertz CT molecular complexity index is 924. The number of phenols is 1. The number of carbonyl (C=O) groups is 2. The van der Waals surface area contributed by atoms with Crippen molar-refractivity contribution in [1.29, 1.82) is 0 Å². The van der Waals surface area contributed by atoms with Crippen molar-refractivity contribution in [1.82, 2.24) is 0 Å². The van der Waals surface area contributed by atoms with Crippen molar-refractivity contribution in [2.45, 2.75) is 49.6 Å². The van der Waals surface area contributed by atoms with Gasteiger partial charge in [-0.1, -0.05) is 18.2 Å². The van der Waals surface area contributed by atoms with Crippen molar-refractivity contribution >= 4 is 29.4 Å². The molecule has 0 saturated heterocycles. The molecule has 1 aromatic heterocycles. The smallest absolute Gasteiger partial charge is 0.336 e. The van der Waals surface area contributed by atoms with Crippen LogP contribution in [-0.2, 0) is 25.5 Å². The molecule has 1 heterocycles. The van der Waals surface area contributed by atoms with Crippen molar-refractivity contribution in [3.05, 3.63) is 58.3 Å². The second kappa shape index (κ2) is 10.7. The van der Waals surface area contributed by atoms with Crippen LogP contribution in [0.15, 0.2) is 47.9 Å². The standard InChI is InChI=1S/C23H26O8S/c24-16-8-5-15(6-9-16)7-10-20(26)31-19-14-23(22(28)29,13-18(25)21(19)27)30-11-1-3-17-4-2-12-32-17/h2,4-10,12,18-19,21,24-25,27H,1,3,11,13-14H2,(H,28,29)/b10-7+/t18-,19+,21+,23-/m0/s1. The summed E-state index contributed by atoms with van der Waals surface area (Å²) in [6.07, 6.45) is -0.766. The number of aliphatic hydroxyl groups is 2. The van der Waals surface area contributed by atoms with E-state index in [0.29, 0.717) is 12.0 Å². The fraction of sp³-hybridized carbons (Fsp3) is 0.391. The number of carboxylic acids is 1. The molecule has 0 spiro atoms. The minimum atomic E-state index is -1.76. The lowest BCUT2D eigenvalue weighted by atomic mass is 9.79. The molecule has 3 rings (SSSR count). The predicted octanol–water partition coefficient (Wildman–Crippen LogP) is 2.37. The van der Waals surface area contributed by atoms with E-state index >= 15 is 0 Å². The molecule has 9 heteroatoms. The van der Waals surface area contributed by atoms with E-state index < -0.39 is 35.9 Å². The molecule has 32 heavy (non-hydrogen) atoms. The van der Waals surface area contributed by atoms with Crippen LogP contribution in [0, 0.1) is 0 Å². The van der Waals surface area contributed by atoms with Crippen molar-refractivity contribution in [2.24, 2.45) is 0 Å². The molecule has 1 fully saturated rings. The molecule has 172 valence electrons. The Labute approximate surface area is 189 Å². The first-order valence-corrected chi connectivity index (χ1v) is 11.1. The van der Waals surface area contributed by atoms with Gasteiger partial charge in [0.1, 0.15) is 18.0 Å². The second-order valence-electron chi connectivity index (χ2n) is 7.70. The number of aliphatic hydroxyl groups excluding tert-OH is 2. The minimum absolute atomic E-state index is 0.0874. The normalized spacial score (nSPS) is 25.6. The van der Waals surface area contributed by atoms with Gasteiger partial charge in [-0.25, -0.2) is 9.59 Å². The topological polar surface area (TPSA) is 134 Å². The maximum absolute atomic E-state index is 12.2. The largest absolute Gasteiger partial charge is 0.508 e. The van der Waals surface area contributed by atoms with Gasteiger partial charge in [-0.3, -0.25) is 0 Å². The summed E-state index contributed by atoms with van der Waals surface area (Å²) in [5.41, 5.74) is -1.13. The SMILES string of the molecule is O=C(/C=C/c1ccc(O)cc1)O[C@@H]1C[C@](OCCCc2cccs2)(C(=O)O)C[C@H](O)[C@H]1O. The van der Waals surface area contributed by atoms with Crippen LogP contribution < -0.4 is 0 Å². The number of carbonyl (C=O) groups excluding carboxylic acids is 1. The molecule has 1 aliphatic carbocycles. The fourth-order valence-electron chi connectivity index (χ4n) is 3.61. The number of rotatable bonds is 9. The number of aliphatic carboxylic acids is 1. The average molecular weight is 463 g/mol. The number of esters is 1. The molecule has 2 aromatic rings. The Hall–Kier alpha value is -2.72. The third-order valence-electron chi connectivity index (χ3n) is 5.33. The van der Waals surface area contributed by atoms with E-state index in [-0.39, 0.29) is 25.2 Å². The van der Waals surface area contributed by atoms with Gasteiger partial charge in [-0.2, -0.15) is 0 Å². The molecule has 4 N–H and O–H groups in total. The van der Waals surface area contributed by atoms with Crippen LogP contribution in [0.1, 0.15) is 29.7 Å². The highest BCUT2D eigenvalue weighted by molar-refractivity contribution is 7.09. The van der Waals surface area contributed by atoms with E-state index in [2.05, 4.69) is 0 Å². The molecule has 0 aliphatic heterocycles. The summed E-state index contributed by atoms with van der Waals surface area (Å²) in [5, 5.41) is 41.6. The molecular formula is C23H26O8S. The van der Waals surface area contributed by atoms with Crippen LogP contribution in [0.3, 0.4) is 0 Å². The van der Waals surface area contributed by atoms with Gasteiger partial charge in [0.05, 0.1) is 6.10 Å². The van der Waals surface area contributed by atoms with Crippen LogP contribution in [-0.4, -0.2) is 62.9 Å². The van der Waals surface area contributed by atoms with Crippen LogP contribution in [0.5, 0.6) is 5.75 Å². The minimum Gasteiger partial charge on any atom is -0.508 e. The zero-order valence-corrected chi connectivity index (χ0v) is 18.1. The fourth-order valence-corrected chi connectivity index (χ4v) is 4.36. The lowest BCUT2D eigenvalue weighted by molar-refractivity contribution is -0.207. The molecular weight excluding hydrogens is 436 g/mol. The first-order valence-electron chi connectivity index (χ1n) is 10.2. The Kier molecular flexibility index (Phi) is 8.03. The Balaban J connectivity index is 1.62. The van der Waals surface area contributed by atoms with E-state index in [1.54, 1.807) is 23.5 Å². The first kappa shape index (κ1) is 23.9. The Morgan fingerprint density at radius 1 is 1.16 bits per heavy atom. The van der Waals surface area contributed by atoms with Gasteiger partial charge in [0.2, 0.25) is 0 Å². The van der Waals surface area contributed by atoms with Crippen LogP contribution >= 0.6 is 11.3 Å². The van der Waals surface area contributed by atoms with Crippen molar-refractivity contribution in [3.63, 3.8) is 0 Å². The van der Waals surface area contributed by atoms with Crippen LogP contribution in [0.25, 0.3) is 6.08 Å². The molecule has 1 aromatic carbocycles. The van der Waals surface area contributed by atoms with E-state index in [4.69, 9.17) is 9.47 Å². The van der Waals surface area contributed by atoms with Crippen molar-refractivity contribution in [3.8, 4) is 5.75 Å². The first-order chi connectivity index (χ1) is 15.3. The number of hydrogen-bond acceptors (Lipinski definition) is 8. The maximum Gasteiger partial charge on any atom is 0.336 e. The molecule has 1 aliphatic rings. The van der Waals surface area contributed by atoms with Gasteiger partial charge in [0, 0.05) is 30.4 Å². The zero-order chi connectivity index (χ0) is 23.1. The number of aromatic hydroxyl groups is 1. The lowest BCUT2D eigenvalue weighted by Gasteiger charge is -2.41. The molecule has 0 radical (unpaired) electrons. The van der Waals surface area contributed by atoms with E-state index in [1.807, 2.05) is 17.5 Å². The lowest BCUT2D eigenvalue weighted by Crippen LogP contribution is -2.58. The number of phenolic OH excluding ortho intramolecular Hbond substituents is 1. The number of aryl methyl sites for hydroxylation is 1. The number of hydrogen-bond donors (Lipinski definition) is 4. The second-order valence-corrected chi connectivity index (χ2v) is 8.73. The zero-order valence-electron chi connectivity index (χ0n) is 17.3. The Morgan fingerprint density at radius 3 is 2.56 bits per heavy atom. The molecule has 4 atom stereocenters. The monoisotopic (exact) mass is 462 g/mol. The summed E-state index contributed by atoms with van der Waals surface area (Å²) in [6, 6.07) is 10.0. The van der Waals surface area contributed by atoms with Crippen LogP contribution in [0.4, 0.5) is 0 Å². The van der Waals surface area contributed by atoms with Gasteiger partial charge in [0.15, 0.2) is 5.60 Å². The maximum atomic E-state index is 12.2. The van der Waals surface area contributed by atoms with Gasteiger partial charge >= 0.3 is 11.9 Å². The van der Waals surface area contributed by atoms with Gasteiger partial charge in [-0.05, 0) is 48.1 Å². The molecule has 1 saturated carbocycles. The molecule has 0 bridgehead atoms. The number of thiophene rings is 1. The summed E-state index contributed by atoms with van der Waals surface area (Å²) in [6.45, 7) is 0.147. The summed E-state index contributed by atoms with van der Waals surface area (Å²) in [4.78, 5) is 25.4. The predicted molar refractivity (Wildman–Crippen MR) is 117 cm³/mol. The number of benzene rings is 1. The summed E-state index contributed by atoms with van der Waals surface area (Å²) < 4.78 is 11.0. The number of carboxylic acid groups (broad SMARTS) is 1. The van der Waals surface area contributed by atoms with Crippen molar-refractivity contribution < 1.29 is 39.5 Å². The van der Waals surface area contributed by atoms with E-state index in [9.17, 15) is 30.0 Å². The number of ether oxygens (including phenoxy) is 2.